The number of aromatic nitrogens is 2. The summed E-state index contributed by atoms with van der Waals surface area (Å²) >= 11 is 0. The summed E-state index contributed by atoms with van der Waals surface area (Å²) < 4.78 is 12.8. The molecule has 1 unspecified atom stereocenters. The van der Waals surface area contributed by atoms with E-state index in [4.69, 9.17) is 9.15 Å². The molecule has 0 saturated heterocycles. The topological polar surface area (TPSA) is 52.2 Å². The highest BCUT2D eigenvalue weighted by Crippen LogP contribution is 2.32. The molecule has 2 heterocycles. The first kappa shape index (κ1) is 13.7. The Morgan fingerprint density at radius 1 is 1.47 bits per heavy atom. The van der Waals surface area contributed by atoms with Crippen molar-refractivity contribution in [1.29, 1.82) is 0 Å². The van der Waals surface area contributed by atoms with Gasteiger partial charge in [0.15, 0.2) is 5.75 Å². The smallest absolute Gasteiger partial charge is 0.161 e. The Morgan fingerprint density at radius 2 is 2.26 bits per heavy atom. The number of furan rings is 1. The lowest BCUT2D eigenvalue weighted by molar-refractivity contribution is 0.398. The number of nitrogens with one attached hydrogen (secondary N) is 1. The van der Waals surface area contributed by atoms with Gasteiger partial charge in [-0.2, -0.15) is 5.10 Å². The van der Waals surface area contributed by atoms with E-state index in [1.54, 1.807) is 19.6 Å². The van der Waals surface area contributed by atoms with Gasteiger partial charge < -0.3 is 14.5 Å². The molecular formula is C14H21N3O2. The van der Waals surface area contributed by atoms with Crippen molar-refractivity contribution in [2.75, 3.05) is 13.7 Å². The van der Waals surface area contributed by atoms with Crippen LogP contribution in [0, 0.1) is 6.92 Å². The Labute approximate surface area is 113 Å². The molecule has 0 aliphatic rings. The summed E-state index contributed by atoms with van der Waals surface area (Å²) in [5.41, 5.74) is 2.16. The molecule has 2 rings (SSSR count). The largest absolute Gasteiger partial charge is 0.493 e. The van der Waals surface area contributed by atoms with Crippen molar-refractivity contribution in [3.8, 4) is 5.75 Å². The average Bonchev–Trinajstić information content (AvgIpc) is 3.01. The van der Waals surface area contributed by atoms with E-state index in [1.165, 1.54) is 0 Å². The molecule has 0 fully saturated rings. The monoisotopic (exact) mass is 263 g/mol. The molecule has 0 aliphatic carbocycles. The Bertz CT molecular complexity index is 509. The maximum Gasteiger partial charge on any atom is 0.161 e. The van der Waals surface area contributed by atoms with Gasteiger partial charge in [0.25, 0.3) is 0 Å². The molecule has 0 saturated carbocycles. The van der Waals surface area contributed by atoms with Crippen LogP contribution in [0.5, 0.6) is 5.75 Å². The van der Waals surface area contributed by atoms with Crippen molar-refractivity contribution < 1.29 is 9.15 Å². The molecule has 0 aromatic carbocycles. The molecule has 19 heavy (non-hydrogen) atoms. The number of rotatable bonds is 6. The van der Waals surface area contributed by atoms with Gasteiger partial charge in [0, 0.05) is 12.1 Å². The highest BCUT2D eigenvalue weighted by atomic mass is 16.5. The summed E-state index contributed by atoms with van der Waals surface area (Å²) in [6, 6.07) is 2.02. The fourth-order valence-corrected chi connectivity index (χ4v) is 2.33. The van der Waals surface area contributed by atoms with Crippen LogP contribution < -0.4 is 10.1 Å². The minimum atomic E-state index is 0.0288. The standard InChI is InChI=1S/C14H21N3O2/c1-5-15-13(11-7-8-19-10(11)3)14-12(18-4)9-16-17(14)6-2/h7-9,13,15H,5-6H2,1-4H3. The first-order valence-electron chi connectivity index (χ1n) is 6.59. The highest BCUT2D eigenvalue weighted by Gasteiger charge is 2.24. The van der Waals surface area contributed by atoms with E-state index in [0.717, 1.165) is 35.9 Å². The maximum absolute atomic E-state index is 5.44. The minimum Gasteiger partial charge on any atom is -0.493 e. The summed E-state index contributed by atoms with van der Waals surface area (Å²) in [6.45, 7) is 7.78. The van der Waals surface area contributed by atoms with Gasteiger partial charge in [-0.1, -0.05) is 6.92 Å². The van der Waals surface area contributed by atoms with Crippen LogP contribution in [0.2, 0.25) is 0 Å². The molecule has 2 aromatic rings. The van der Waals surface area contributed by atoms with E-state index < -0.39 is 0 Å². The Morgan fingerprint density at radius 3 is 2.79 bits per heavy atom. The Hall–Kier alpha value is -1.75. The molecule has 2 aromatic heterocycles. The third-order valence-electron chi connectivity index (χ3n) is 3.26. The summed E-state index contributed by atoms with van der Waals surface area (Å²) in [5.74, 6) is 1.71. The van der Waals surface area contributed by atoms with Crippen LogP contribution in [0.25, 0.3) is 0 Å². The van der Waals surface area contributed by atoms with Gasteiger partial charge in [0.1, 0.15) is 11.5 Å². The molecule has 0 radical (unpaired) electrons. The van der Waals surface area contributed by atoms with Crippen molar-refractivity contribution in [2.24, 2.45) is 0 Å². The number of hydrogen-bond acceptors (Lipinski definition) is 4. The second kappa shape index (κ2) is 5.93. The van der Waals surface area contributed by atoms with Gasteiger partial charge in [0.05, 0.1) is 25.6 Å². The molecule has 0 spiro atoms. The van der Waals surface area contributed by atoms with Crippen molar-refractivity contribution in [3.63, 3.8) is 0 Å². The lowest BCUT2D eigenvalue weighted by Crippen LogP contribution is -2.25. The molecular weight excluding hydrogens is 242 g/mol. The van der Waals surface area contributed by atoms with Crippen LogP contribution in [-0.2, 0) is 6.54 Å². The lowest BCUT2D eigenvalue weighted by Gasteiger charge is -2.20. The van der Waals surface area contributed by atoms with E-state index in [2.05, 4.69) is 24.3 Å². The summed E-state index contributed by atoms with van der Waals surface area (Å²) in [4.78, 5) is 0. The predicted octanol–water partition coefficient (Wildman–Crippen LogP) is 2.51. The van der Waals surface area contributed by atoms with Crippen LogP contribution in [0.4, 0.5) is 0 Å². The zero-order chi connectivity index (χ0) is 13.8. The molecule has 1 atom stereocenters. The quantitative estimate of drug-likeness (QED) is 0.870. The Balaban J connectivity index is 2.50. The van der Waals surface area contributed by atoms with Crippen LogP contribution in [0.1, 0.15) is 36.9 Å². The predicted molar refractivity (Wildman–Crippen MR) is 73.4 cm³/mol. The van der Waals surface area contributed by atoms with Gasteiger partial charge in [-0.05, 0) is 26.5 Å². The third kappa shape index (κ3) is 2.51. The van der Waals surface area contributed by atoms with Crippen LogP contribution >= 0.6 is 0 Å². The summed E-state index contributed by atoms with van der Waals surface area (Å²) in [5, 5.41) is 7.85. The van der Waals surface area contributed by atoms with Crippen LogP contribution in [-0.4, -0.2) is 23.4 Å². The zero-order valence-corrected chi connectivity index (χ0v) is 11.9. The van der Waals surface area contributed by atoms with Crippen molar-refractivity contribution in [2.45, 2.75) is 33.4 Å². The van der Waals surface area contributed by atoms with Crippen LogP contribution in [0.15, 0.2) is 22.9 Å². The van der Waals surface area contributed by atoms with Crippen LogP contribution in [0.3, 0.4) is 0 Å². The van der Waals surface area contributed by atoms with E-state index in [-0.39, 0.29) is 6.04 Å². The lowest BCUT2D eigenvalue weighted by atomic mass is 10.0. The van der Waals surface area contributed by atoms with Gasteiger partial charge in [-0.3, -0.25) is 4.68 Å². The molecule has 5 heteroatoms. The first-order valence-corrected chi connectivity index (χ1v) is 6.59. The third-order valence-corrected chi connectivity index (χ3v) is 3.26. The molecule has 0 amide bonds. The normalized spacial score (nSPS) is 12.6. The van der Waals surface area contributed by atoms with E-state index in [0.29, 0.717) is 0 Å². The SMILES string of the molecule is CCNC(c1ccoc1C)c1c(OC)cnn1CC. The number of hydrogen-bond donors (Lipinski definition) is 1. The number of nitrogens with zero attached hydrogens (tertiary/aromatic N) is 2. The number of ether oxygens (including phenoxy) is 1. The first-order chi connectivity index (χ1) is 9.22. The average molecular weight is 263 g/mol. The summed E-state index contributed by atoms with van der Waals surface area (Å²) in [7, 11) is 1.67. The zero-order valence-electron chi connectivity index (χ0n) is 11.9. The highest BCUT2D eigenvalue weighted by molar-refractivity contribution is 5.37. The molecule has 0 bridgehead atoms. The van der Waals surface area contributed by atoms with Crippen molar-refractivity contribution >= 4 is 0 Å². The van der Waals surface area contributed by atoms with E-state index >= 15 is 0 Å². The Kier molecular flexibility index (Phi) is 4.27. The van der Waals surface area contributed by atoms with Crippen molar-refractivity contribution in [3.05, 3.63) is 35.5 Å². The molecule has 5 nitrogen and oxygen atoms in total. The number of aryl methyl sites for hydroxylation is 2. The van der Waals surface area contributed by atoms with Gasteiger partial charge in [0.2, 0.25) is 0 Å². The van der Waals surface area contributed by atoms with Gasteiger partial charge >= 0.3 is 0 Å². The van der Waals surface area contributed by atoms with Gasteiger partial charge in [-0.25, -0.2) is 0 Å². The maximum atomic E-state index is 5.44. The fourth-order valence-electron chi connectivity index (χ4n) is 2.33. The second-order valence-electron chi connectivity index (χ2n) is 4.34. The minimum absolute atomic E-state index is 0.0288. The fraction of sp³-hybridized carbons (Fsp3) is 0.500. The van der Waals surface area contributed by atoms with E-state index in [1.807, 2.05) is 17.7 Å². The second-order valence-corrected chi connectivity index (χ2v) is 4.34. The number of methoxy groups -OCH3 is 1. The summed E-state index contributed by atoms with van der Waals surface area (Å²) in [6.07, 6.45) is 3.48. The van der Waals surface area contributed by atoms with Crippen molar-refractivity contribution in [1.82, 2.24) is 15.1 Å². The molecule has 0 aliphatic heterocycles. The molecule has 1 N–H and O–H groups in total. The van der Waals surface area contributed by atoms with Gasteiger partial charge in [-0.15, -0.1) is 0 Å². The van der Waals surface area contributed by atoms with E-state index in [9.17, 15) is 0 Å². The molecule has 104 valence electrons.